The maximum absolute atomic E-state index is 10.1. The first-order chi connectivity index (χ1) is 8.70. The largest absolute Gasteiger partial charge is 0.395 e. The highest BCUT2D eigenvalue weighted by molar-refractivity contribution is 5.83. The first-order valence-corrected chi connectivity index (χ1v) is 6.21. The average Bonchev–Trinajstić information content (AvgIpc) is 2.43. The van der Waals surface area contributed by atoms with Crippen LogP contribution in [-0.2, 0) is 0 Å². The van der Waals surface area contributed by atoms with Gasteiger partial charge >= 0.3 is 0 Å². The summed E-state index contributed by atoms with van der Waals surface area (Å²) in [5.74, 6) is 0. The van der Waals surface area contributed by atoms with Gasteiger partial charge in [-0.1, -0.05) is 36.4 Å². The lowest BCUT2D eigenvalue weighted by Crippen LogP contribution is -2.32. The van der Waals surface area contributed by atoms with Crippen molar-refractivity contribution in [1.82, 2.24) is 5.32 Å². The highest BCUT2D eigenvalue weighted by Gasteiger charge is 2.09. The van der Waals surface area contributed by atoms with E-state index in [1.165, 1.54) is 5.39 Å². The third-order valence-corrected chi connectivity index (χ3v) is 3.09. The molecule has 3 heteroatoms. The van der Waals surface area contributed by atoms with E-state index in [4.69, 9.17) is 5.11 Å². The molecule has 3 N–H and O–H groups in total. The SMILES string of the molecule is C[C@@H](CO)NC[C@@H](O)c1ccc2ccccc2c1. The second kappa shape index (κ2) is 5.96. The Hall–Kier alpha value is -1.42. The summed E-state index contributed by atoms with van der Waals surface area (Å²) < 4.78 is 0. The second-order valence-electron chi connectivity index (χ2n) is 4.61. The number of hydrogen-bond acceptors (Lipinski definition) is 3. The molecule has 2 aromatic rings. The monoisotopic (exact) mass is 245 g/mol. The molecule has 0 aliphatic carbocycles. The standard InChI is InChI=1S/C15H19NO2/c1-11(10-17)16-9-15(18)14-7-6-12-4-2-3-5-13(12)8-14/h2-8,11,15-18H,9-10H2,1H3/t11-,15+/m0/s1. The van der Waals surface area contributed by atoms with E-state index in [-0.39, 0.29) is 12.6 Å². The summed E-state index contributed by atoms with van der Waals surface area (Å²) >= 11 is 0. The highest BCUT2D eigenvalue weighted by Crippen LogP contribution is 2.20. The molecule has 0 saturated heterocycles. The summed E-state index contributed by atoms with van der Waals surface area (Å²) in [4.78, 5) is 0. The van der Waals surface area contributed by atoms with Crippen LogP contribution in [0.5, 0.6) is 0 Å². The Morgan fingerprint density at radius 1 is 1.11 bits per heavy atom. The van der Waals surface area contributed by atoms with Crippen molar-refractivity contribution in [1.29, 1.82) is 0 Å². The van der Waals surface area contributed by atoms with Crippen LogP contribution in [0, 0.1) is 0 Å². The zero-order valence-electron chi connectivity index (χ0n) is 10.5. The van der Waals surface area contributed by atoms with Gasteiger partial charge in [0.2, 0.25) is 0 Å². The van der Waals surface area contributed by atoms with Gasteiger partial charge in [0.25, 0.3) is 0 Å². The molecular formula is C15H19NO2. The highest BCUT2D eigenvalue weighted by atomic mass is 16.3. The Bertz CT molecular complexity index is 513. The van der Waals surface area contributed by atoms with Gasteiger partial charge in [0.05, 0.1) is 12.7 Å². The van der Waals surface area contributed by atoms with E-state index in [0.717, 1.165) is 10.9 Å². The maximum Gasteiger partial charge on any atom is 0.0914 e. The van der Waals surface area contributed by atoms with Crippen LogP contribution in [0.2, 0.25) is 0 Å². The van der Waals surface area contributed by atoms with Gasteiger partial charge in [-0.3, -0.25) is 0 Å². The lowest BCUT2D eigenvalue weighted by molar-refractivity contribution is 0.161. The smallest absolute Gasteiger partial charge is 0.0914 e. The van der Waals surface area contributed by atoms with Crippen LogP contribution in [-0.4, -0.2) is 29.4 Å². The zero-order valence-corrected chi connectivity index (χ0v) is 10.5. The van der Waals surface area contributed by atoms with Crippen molar-refractivity contribution in [2.45, 2.75) is 19.1 Å². The summed E-state index contributed by atoms with van der Waals surface area (Å²) in [6, 6.07) is 14.0. The van der Waals surface area contributed by atoms with Crippen molar-refractivity contribution in [2.24, 2.45) is 0 Å². The summed E-state index contributed by atoms with van der Waals surface area (Å²) in [5, 5.41) is 24.4. The molecule has 0 aliphatic heterocycles. The van der Waals surface area contributed by atoms with Crippen molar-refractivity contribution < 1.29 is 10.2 Å². The lowest BCUT2D eigenvalue weighted by Gasteiger charge is -2.16. The fourth-order valence-electron chi connectivity index (χ4n) is 1.91. The number of aliphatic hydroxyl groups is 2. The van der Waals surface area contributed by atoms with E-state index in [9.17, 15) is 5.11 Å². The molecule has 18 heavy (non-hydrogen) atoms. The molecule has 96 valence electrons. The van der Waals surface area contributed by atoms with Gasteiger partial charge in [0.1, 0.15) is 0 Å². The fraction of sp³-hybridized carbons (Fsp3) is 0.333. The second-order valence-corrected chi connectivity index (χ2v) is 4.61. The van der Waals surface area contributed by atoms with Crippen LogP contribution in [0.1, 0.15) is 18.6 Å². The number of aliphatic hydroxyl groups excluding tert-OH is 2. The van der Waals surface area contributed by atoms with Crippen LogP contribution in [0.4, 0.5) is 0 Å². The van der Waals surface area contributed by atoms with Crippen LogP contribution >= 0.6 is 0 Å². The van der Waals surface area contributed by atoms with E-state index in [1.54, 1.807) is 0 Å². The summed E-state index contributed by atoms with van der Waals surface area (Å²) in [6.07, 6.45) is -0.552. The first-order valence-electron chi connectivity index (χ1n) is 6.21. The molecule has 2 rings (SSSR count). The van der Waals surface area contributed by atoms with Gasteiger partial charge in [-0.2, -0.15) is 0 Å². The van der Waals surface area contributed by atoms with Crippen LogP contribution < -0.4 is 5.32 Å². The molecule has 0 spiro atoms. The van der Waals surface area contributed by atoms with Crippen molar-refractivity contribution in [3.63, 3.8) is 0 Å². The van der Waals surface area contributed by atoms with Gasteiger partial charge in [0, 0.05) is 12.6 Å². The maximum atomic E-state index is 10.1. The Morgan fingerprint density at radius 3 is 2.56 bits per heavy atom. The molecule has 0 amide bonds. The third kappa shape index (κ3) is 3.07. The zero-order chi connectivity index (χ0) is 13.0. The number of rotatable bonds is 5. The molecule has 0 aromatic heterocycles. The van der Waals surface area contributed by atoms with Gasteiger partial charge < -0.3 is 15.5 Å². The first kappa shape index (κ1) is 13.0. The molecule has 3 nitrogen and oxygen atoms in total. The minimum Gasteiger partial charge on any atom is -0.395 e. The molecule has 0 bridgehead atoms. The fourth-order valence-corrected chi connectivity index (χ4v) is 1.91. The van der Waals surface area contributed by atoms with Crippen molar-refractivity contribution in [3.8, 4) is 0 Å². The minimum atomic E-state index is -0.552. The lowest BCUT2D eigenvalue weighted by atomic mass is 10.0. The Kier molecular flexibility index (Phi) is 4.31. The van der Waals surface area contributed by atoms with E-state index >= 15 is 0 Å². The third-order valence-electron chi connectivity index (χ3n) is 3.09. The van der Waals surface area contributed by atoms with E-state index in [2.05, 4.69) is 11.4 Å². The Balaban J connectivity index is 2.10. The number of fused-ring (bicyclic) bond motifs is 1. The summed E-state index contributed by atoms with van der Waals surface area (Å²) in [6.45, 7) is 2.40. The molecule has 0 saturated carbocycles. The van der Waals surface area contributed by atoms with Crippen LogP contribution in [0.15, 0.2) is 42.5 Å². The minimum absolute atomic E-state index is 0.0000985. The topological polar surface area (TPSA) is 52.5 Å². The molecule has 0 unspecified atom stereocenters. The van der Waals surface area contributed by atoms with Crippen molar-refractivity contribution in [2.75, 3.05) is 13.2 Å². The van der Waals surface area contributed by atoms with Gasteiger partial charge in [-0.25, -0.2) is 0 Å². The quantitative estimate of drug-likeness (QED) is 0.753. The molecule has 0 aliphatic rings. The molecule has 2 aromatic carbocycles. The predicted octanol–water partition coefficient (Wildman–Crippen LogP) is 1.84. The van der Waals surface area contributed by atoms with E-state index < -0.39 is 6.10 Å². The number of hydrogen-bond donors (Lipinski definition) is 3. The van der Waals surface area contributed by atoms with Gasteiger partial charge in [0.15, 0.2) is 0 Å². The normalized spacial score (nSPS) is 14.6. The molecule has 0 fully saturated rings. The Labute approximate surface area is 107 Å². The van der Waals surface area contributed by atoms with E-state index in [1.807, 2.05) is 43.3 Å². The van der Waals surface area contributed by atoms with Gasteiger partial charge in [-0.05, 0) is 29.3 Å². The molecule has 0 heterocycles. The predicted molar refractivity (Wildman–Crippen MR) is 73.5 cm³/mol. The van der Waals surface area contributed by atoms with Crippen molar-refractivity contribution >= 4 is 10.8 Å². The summed E-state index contributed by atoms with van der Waals surface area (Å²) in [5.41, 5.74) is 0.895. The van der Waals surface area contributed by atoms with Crippen molar-refractivity contribution in [3.05, 3.63) is 48.0 Å². The van der Waals surface area contributed by atoms with E-state index in [0.29, 0.717) is 6.54 Å². The van der Waals surface area contributed by atoms with Crippen LogP contribution in [0.25, 0.3) is 10.8 Å². The molecular weight excluding hydrogens is 226 g/mol. The van der Waals surface area contributed by atoms with Crippen LogP contribution in [0.3, 0.4) is 0 Å². The Morgan fingerprint density at radius 2 is 1.83 bits per heavy atom. The molecule has 0 radical (unpaired) electrons. The number of nitrogens with one attached hydrogen (secondary N) is 1. The summed E-state index contributed by atoms with van der Waals surface area (Å²) in [7, 11) is 0. The average molecular weight is 245 g/mol. The van der Waals surface area contributed by atoms with Gasteiger partial charge in [-0.15, -0.1) is 0 Å². The number of benzene rings is 2. The molecule has 2 atom stereocenters.